The average Bonchev–Trinajstić information content (AvgIpc) is 2.86. The van der Waals surface area contributed by atoms with Gasteiger partial charge in [-0.2, -0.15) is 0 Å². The van der Waals surface area contributed by atoms with E-state index in [4.69, 9.17) is 4.74 Å². The van der Waals surface area contributed by atoms with Crippen LogP contribution in [0.25, 0.3) is 0 Å². The van der Waals surface area contributed by atoms with E-state index in [9.17, 15) is 4.79 Å². The van der Waals surface area contributed by atoms with E-state index in [0.717, 1.165) is 18.8 Å². The summed E-state index contributed by atoms with van der Waals surface area (Å²) in [7, 11) is 0. The van der Waals surface area contributed by atoms with Crippen LogP contribution in [0.15, 0.2) is 12.2 Å². The van der Waals surface area contributed by atoms with E-state index >= 15 is 0 Å². The maximum absolute atomic E-state index is 11.6. The lowest BCUT2D eigenvalue weighted by molar-refractivity contribution is -0.145. The first kappa shape index (κ1) is 11.7. The van der Waals surface area contributed by atoms with Gasteiger partial charge in [0.15, 0.2) is 0 Å². The fourth-order valence-electron chi connectivity index (χ4n) is 2.94. The summed E-state index contributed by atoms with van der Waals surface area (Å²) in [4.78, 5) is 11.6. The number of rotatable bonds is 6. The summed E-state index contributed by atoms with van der Waals surface area (Å²) in [6.07, 6.45) is 11.1. The molecule has 2 aliphatic rings. The number of hydrogen-bond donors (Lipinski definition) is 0. The summed E-state index contributed by atoms with van der Waals surface area (Å²) >= 11 is 0. The smallest absolute Gasteiger partial charge is 0.306 e. The van der Waals surface area contributed by atoms with E-state index in [0.29, 0.717) is 24.9 Å². The first-order valence-corrected chi connectivity index (χ1v) is 6.63. The van der Waals surface area contributed by atoms with Gasteiger partial charge in [0, 0.05) is 6.42 Å². The zero-order valence-electron chi connectivity index (χ0n) is 10.2. The van der Waals surface area contributed by atoms with Crippen molar-refractivity contribution in [1.29, 1.82) is 0 Å². The SMILES string of the molecule is CCCCCOC(=O)CC1CC2C=CC1C2. The molecule has 90 valence electrons. The molecule has 1 saturated carbocycles. The lowest BCUT2D eigenvalue weighted by Gasteiger charge is -2.16. The fourth-order valence-corrected chi connectivity index (χ4v) is 2.94. The van der Waals surface area contributed by atoms with Crippen LogP contribution in [0.2, 0.25) is 0 Å². The minimum absolute atomic E-state index is 0.0158. The number of carbonyl (C=O) groups is 1. The number of ether oxygens (including phenoxy) is 1. The molecule has 0 amide bonds. The Morgan fingerprint density at radius 1 is 1.31 bits per heavy atom. The molecule has 16 heavy (non-hydrogen) atoms. The van der Waals surface area contributed by atoms with Crippen molar-refractivity contribution in [3.8, 4) is 0 Å². The Morgan fingerprint density at radius 3 is 2.81 bits per heavy atom. The zero-order valence-corrected chi connectivity index (χ0v) is 10.2. The second kappa shape index (κ2) is 5.51. The molecular formula is C14H22O2. The average molecular weight is 222 g/mol. The summed E-state index contributed by atoms with van der Waals surface area (Å²) in [5.41, 5.74) is 0. The predicted octanol–water partition coefficient (Wildman–Crippen LogP) is 3.32. The lowest BCUT2D eigenvalue weighted by Crippen LogP contribution is -2.15. The Balaban J connectivity index is 1.62. The standard InChI is InChI=1S/C14H22O2/c1-2-3-4-7-16-14(15)10-13-9-11-5-6-12(13)8-11/h5-6,11-13H,2-4,7-10H2,1H3. The Hall–Kier alpha value is -0.790. The summed E-state index contributed by atoms with van der Waals surface area (Å²) in [6, 6.07) is 0. The number of esters is 1. The maximum Gasteiger partial charge on any atom is 0.306 e. The Morgan fingerprint density at radius 2 is 2.19 bits per heavy atom. The Bertz CT molecular complexity index is 270. The molecule has 2 aliphatic carbocycles. The molecule has 0 aliphatic heterocycles. The highest BCUT2D eigenvalue weighted by molar-refractivity contribution is 5.69. The highest BCUT2D eigenvalue weighted by Crippen LogP contribution is 2.44. The zero-order chi connectivity index (χ0) is 11.4. The second-order valence-corrected chi connectivity index (χ2v) is 5.17. The number of fused-ring (bicyclic) bond motifs is 2. The van der Waals surface area contributed by atoms with Crippen LogP contribution in [0.5, 0.6) is 0 Å². The molecule has 0 spiro atoms. The van der Waals surface area contributed by atoms with Crippen molar-refractivity contribution in [1.82, 2.24) is 0 Å². The normalized spacial score (nSPS) is 30.9. The monoisotopic (exact) mass is 222 g/mol. The third kappa shape index (κ3) is 2.87. The van der Waals surface area contributed by atoms with Crippen LogP contribution < -0.4 is 0 Å². The molecule has 3 atom stereocenters. The van der Waals surface area contributed by atoms with Gasteiger partial charge in [-0.05, 0) is 37.0 Å². The van der Waals surface area contributed by atoms with Crippen molar-refractivity contribution < 1.29 is 9.53 Å². The third-order valence-electron chi connectivity index (χ3n) is 3.86. The molecule has 0 radical (unpaired) electrons. The second-order valence-electron chi connectivity index (χ2n) is 5.17. The van der Waals surface area contributed by atoms with Crippen molar-refractivity contribution >= 4 is 5.97 Å². The number of allylic oxidation sites excluding steroid dienone is 2. The van der Waals surface area contributed by atoms with E-state index in [-0.39, 0.29) is 5.97 Å². The van der Waals surface area contributed by atoms with Gasteiger partial charge in [0.1, 0.15) is 0 Å². The van der Waals surface area contributed by atoms with Crippen molar-refractivity contribution in [2.45, 2.75) is 45.4 Å². The minimum Gasteiger partial charge on any atom is -0.466 e. The number of carbonyl (C=O) groups excluding carboxylic acids is 1. The van der Waals surface area contributed by atoms with Gasteiger partial charge in [0.2, 0.25) is 0 Å². The molecule has 0 aromatic heterocycles. The first-order valence-electron chi connectivity index (χ1n) is 6.63. The van der Waals surface area contributed by atoms with E-state index in [1.807, 2.05) is 0 Å². The first-order chi connectivity index (χ1) is 7.79. The van der Waals surface area contributed by atoms with Crippen LogP contribution in [-0.2, 0) is 9.53 Å². The minimum atomic E-state index is 0.0158. The summed E-state index contributed by atoms with van der Waals surface area (Å²) in [6.45, 7) is 2.77. The van der Waals surface area contributed by atoms with Gasteiger partial charge in [0.05, 0.1) is 6.61 Å². The van der Waals surface area contributed by atoms with Gasteiger partial charge < -0.3 is 4.74 Å². The van der Waals surface area contributed by atoms with Gasteiger partial charge >= 0.3 is 5.97 Å². The molecule has 2 heteroatoms. The molecule has 2 bridgehead atoms. The molecule has 0 heterocycles. The maximum atomic E-state index is 11.6. The molecule has 0 aromatic rings. The van der Waals surface area contributed by atoms with Crippen LogP contribution in [0, 0.1) is 17.8 Å². The van der Waals surface area contributed by atoms with Crippen LogP contribution in [0.4, 0.5) is 0 Å². The van der Waals surface area contributed by atoms with E-state index in [1.165, 1.54) is 19.3 Å². The van der Waals surface area contributed by atoms with E-state index in [1.54, 1.807) is 0 Å². The Kier molecular flexibility index (Phi) is 4.03. The largest absolute Gasteiger partial charge is 0.466 e. The number of hydrogen-bond acceptors (Lipinski definition) is 2. The molecule has 2 nitrogen and oxygen atoms in total. The summed E-state index contributed by atoms with van der Waals surface area (Å²) < 4.78 is 5.25. The predicted molar refractivity (Wildman–Crippen MR) is 63.9 cm³/mol. The molecule has 2 rings (SSSR count). The van der Waals surface area contributed by atoms with Crippen molar-refractivity contribution in [2.75, 3.05) is 6.61 Å². The van der Waals surface area contributed by atoms with Crippen molar-refractivity contribution in [3.05, 3.63) is 12.2 Å². The molecule has 0 saturated heterocycles. The summed E-state index contributed by atoms with van der Waals surface area (Å²) in [5, 5.41) is 0. The highest BCUT2D eigenvalue weighted by atomic mass is 16.5. The van der Waals surface area contributed by atoms with Gasteiger partial charge in [0.25, 0.3) is 0 Å². The lowest BCUT2D eigenvalue weighted by atomic mass is 9.91. The fraction of sp³-hybridized carbons (Fsp3) is 0.786. The molecule has 3 unspecified atom stereocenters. The van der Waals surface area contributed by atoms with Crippen LogP contribution in [0.1, 0.15) is 45.4 Å². The van der Waals surface area contributed by atoms with Crippen molar-refractivity contribution in [2.24, 2.45) is 17.8 Å². The molecule has 1 fully saturated rings. The van der Waals surface area contributed by atoms with Gasteiger partial charge in [-0.3, -0.25) is 4.79 Å². The highest BCUT2D eigenvalue weighted by Gasteiger charge is 2.36. The number of unbranched alkanes of at least 4 members (excludes halogenated alkanes) is 2. The van der Waals surface area contributed by atoms with Crippen molar-refractivity contribution in [3.63, 3.8) is 0 Å². The molecular weight excluding hydrogens is 200 g/mol. The van der Waals surface area contributed by atoms with Crippen LogP contribution >= 0.6 is 0 Å². The Labute approximate surface area is 98.1 Å². The summed E-state index contributed by atoms with van der Waals surface area (Å²) in [5.74, 6) is 1.99. The topological polar surface area (TPSA) is 26.3 Å². The van der Waals surface area contributed by atoms with Crippen LogP contribution in [0.3, 0.4) is 0 Å². The van der Waals surface area contributed by atoms with Gasteiger partial charge in [-0.15, -0.1) is 0 Å². The van der Waals surface area contributed by atoms with E-state index < -0.39 is 0 Å². The van der Waals surface area contributed by atoms with Gasteiger partial charge in [-0.1, -0.05) is 31.9 Å². The van der Waals surface area contributed by atoms with E-state index in [2.05, 4.69) is 19.1 Å². The third-order valence-corrected chi connectivity index (χ3v) is 3.86. The molecule has 0 N–H and O–H groups in total. The quantitative estimate of drug-likeness (QED) is 0.391. The van der Waals surface area contributed by atoms with Gasteiger partial charge in [-0.25, -0.2) is 0 Å². The molecule has 0 aromatic carbocycles. The van der Waals surface area contributed by atoms with Crippen LogP contribution in [-0.4, -0.2) is 12.6 Å².